The third-order valence-electron chi connectivity index (χ3n) is 2.53. The van der Waals surface area contributed by atoms with Gasteiger partial charge in [-0.1, -0.05) is 12.1 Å². The lowest BCUT2D eigenvalue weighted by molar-refractivity contribution is 0.406. The molecule has 0 aliphatic rings. The predicted molar refractivity (Wildman–Crippen MR) is 74.4 cm³/mol. The topological polar surface area (TPSA) is 36.9 Å². The first-order valence-electron chi connectivity index (χ1n) is 5.85. The predicted octanol–water partition coefficient (Wildman–Crippen LogP) is 2.43. The Morgan fingerprint density at radius 2 is 1.11 bits per heavy atom. The van der Waals surface area contributed by atoms with Crippen LogP contribution in [-0.2, 0) is 0 Å². The molecule has 2 rings (SSSR count). The molecule has 0 heterocycles. The highest BCUT2D eigenvalue weighted by Crippen LogP contribution is 2.20. The van der Waals surface area contributed by atoms with E-state index in [1.165, 1.54) is 0 Å². The molecule has 0 fully saturated rings. The van der Waals surface area contributed by atoms with E-state index >= 15 is 0 Å². The van der Waals surface area contributed by atoms with Crippen LogP contribution in [0, 0.1) is 0 Å². The van der Waals surface area contributed by atoms with Crippen molar-refractivity contribution < 1.29 is 18.8 Å². The molecular weight excluding hydrogens is 243 g/mol. The lowest BCUT2D eigenvalue weighted by Gasteiger charge is -2.09. The summed E-state index contributed by atoms with van der Waals surface area (Å²) in [6.45, 7) is 0. The molecular formula is C14H15BO4. The van der Waals surface area contributed by atoms with Crippen LogP contribution in [0.15, 0.2) is 48.5 Å². The Bertz CT molecular complexity index is 483. The molecule has 0 bridgehead atoms. The first-order chi connectivity index (χ1) is 9.31. The summed E-state index contributed by atoms with van der Waals surface area (Å²) in [7, 11) is 3.36. The molecule has 4 nitrogen and oxygen atoms in total. The van der Waals surface area contributed by atoms with Crippen molar-refractivity contribution in [1.82, 2.24) is 0 Å². The van der Waals surface area contributed by atoms with Crippen molar-refractivity contribution in [2.45, 2.75) is 0 Å². The maximum Gasteiger partial charge on any atom is 0.576 e. The van der Waals surface area contributed by atoms with E-state index in [0.29, 0.717) is 11.5 Å². The van der Waals surface area contributed by atoms with Crippen LogP contribution in [0.2, 0.25) is 0 Å². The van der Waals surface area contributed by atoms with Crippen molar-refractivity contribution in [3.63, 3.8) is 0 Å². The molecule has 0 atom stereocenters. The van der Waals surface area contributed by atoms with E-state index in [2.05, 4.69) is 0 Å². The lowest BCUT2D eigenvalue weighted by atomic mass is 10.3. The van der Waals surface area contributed by atoms with Gasteiger partial charge >= 0.3 is 7.69 Å². The van der Waals surface area contributed by atoms with E-state index in [4.69, 9.17) is 18.8 Å². The minimum Gasteiger partial charge on any atom is -0.528 e. The molecule has 2 aromatic carbocycles. The Hall–Kier alpha value is -2.30. The molecule has 0 radical (unpaired) electrons. The average Bonchev–Trinajstić information content (AvgIpc) is 2.48. The number of methoxy groups -OCH3 is 2. The molecule has 19 heavy (non-hydrogen) atoms. The van der Waals surface area contributed by atoms with Crippen LogP contribution in [0.3, 0.4) is 0 Å². The fourth-order valence-corrected chi connectivity index (χ4v) is 1.55. The van der Waals surface area contributed by atoms with Crippen LogP contribution in [0.25, 0.3) is 0 Å². The number of benzene rings is 2. The standard InChI is InChI=1S/C14H15BO4/c1-16-11-5-3-7-13(9-11)18-15-19-14-8-4-6-12(10-14)17-2/h3-10,15H,1-2H3. The van der Waals surface area contributed by atoms with Crippen LogP contribution < -0.4 is 18.8 Å². The lowest BCUT2D eigenvalue weighted by Crippen LogP contribution is -2.10. The molecule has 0 saturated heterocycles. The minimum absolute atomic E-state index is 0.125. The van der Waals surface area contributed by atoms with Crippen LogP contribution in [0.1, 0.15) is 0 Å². The van der Waals surface area contributed by atoms with Gasteiger partial charge in [0.05, 0.1) is 14.2 Å². The molecule has 0 amide bonds. The fourth-order valence-electron chi connectivity index (χ4n) is 1.55. The summed E-state index contributed by atoms with van der Waals surface area (Å²) in [5, 5.41) is 0. The summed E-state index contributed by atoms with van der Waals surface area (Å²) in [6.07, 6.45) is 0. The molecule has 0 aromatic heterocycles. The monoisotopic (exact) mass is 258 g/mol. The first-order valence-corrected chi connectivity index (χ1v) is 5.85. The van der Waals surface area contributed by atoms with Gasteiger partial charge < -0.3 is 18.8 Å². The Kier molecular flexibility index (Phi) is 4.56. The van der Waals surface area contributed by atoms with Crippen molar-refractivity contribution in [2.75, 3.05) is 14.2 Å². The summed E-state index contributed by atoms with van der Waals surface area (Å²) in [6, 6.07) is 14.7. The van der Waals surface area contributed by atoms with E-state index in [1.54, 1.807) is 26.4 Å². The normalized spacial score (nSPS) is 9.58. The summed E-state index contributed by atoms with van der Waals surface area (Å²) < 4.78 is 21.2. The third kappa shape index (κ3) is 3.84. The number of rotatable bonds is 6. The largest absolute Gasteiger partial charge is 0.576 e. The van der Waals surface area contributed by atoms with Crippen LogP contribution in [0.4, 0.5) is 0 Å². The van der Waals surface area contributed by atoms with Crippen molar-refractivity contribution in [3.05, 3.63) is 48.5 Å². The highest BCUT2D eigenvalue weighted by Gasteiger charge is 2.02. The van der Waals surface area contributed by atoms with Crippen LogP contribution in [-0.4, -0.2) is 21.9 Å². The number of ether oxygens (including phenoxy) is 2. The van der Waals surface area contributed by atoms with Gasteiger partial charge in [-0.15, -0.1) is 0 Å². The highest BCUT2D eigenvalue weighted by atomic mass is 16.6. The van der Waals surface area contributed by atoms with Crippen molar-refractivity contribution in [2.24, 2.45) is 0 Å². The SMILES string of the molecule is COc1cccc(OBOc2cccc(OC)c2)c1. The summed E-state index contributed by atoms with van der Waals surface area (Å²) >= 11 is 0. The van der Waals surface area contributed by atoms with Gasteiger partial charge in [-0.3, -0.25) is 0 Å². The summed E-state index contributed by atoms with van der Waals surface area (Å²) in [5.41, 5.74) is 0. The molecule has 5 heteroatoms. The zero-order valence-corrected chi connectivity index (χ0v) is 11.0. The molecule has 0 unspecified atom stereocenters. The van der Waals surface area contributed by atoms with E-state index in [0.717, 1.165) is 11.5 Å². The van der Waals surface area contributed by atoms with Crippen LogP contribution >= 0.6 is 0 Å². The second kappa shape index (κ2) is 6.59. The van der Waals surface area contributed by atoms with Gasteiger partial charge in [-0.25, -0.2) is 0 Å². The van der Waals surface area contributed by atoms with E-state index in [9.17, 15) is 0 Å². The fraction of sp³-hybridized carbons (Fsp3) is 0.143. The molecule has 0 saturated carbocycles. The molecule has 0 aliphatic carbocycles. The molecule has 0 spiro atoms. The Labute approximate surface area is 113 Å². The third-order valence-corrected chi connectivity index (χ3v) is 2.53. The zero-order chi connectivity index (χ0) is 13.5. The summed E-state index contributed by atoms with van der Waals surface area (Å²) in [5.74, 6) is 2.89. The Balaban J connectivity index is 1.88. The van der Waals surface area contributed by atoms with Crippen LogP contribution in [0.5, 0.6) is 23.0 Å². The van der Waals surface area contributed by atoms with Gasteiger partial charge in [0.15, 0.2) is 0 Å². The maximum atomic E-state index is 5.48. The molecule has 98 valence electrons. The van der Waals surface area contributed by atoms with Crippen molar-refractivity contribution in [1.29, 1.82) is 0 Å². The Morgan fingerprint density at radius 1 is 0.684 bits per heavy atom. The minimum atomic E-state index is 0.125. The summed E-state index contributed by atoms with van der Waals surface area (Å²) in [4.78, 5) is 0. The van der Waals surface area contributed by atoms with Gasteiger partial charge in [0.1, 0.15) is 23.0 Å². The van der Waals surface area contributed by atoms with E-state index in [-0.39, 0.29) is 7.69 Å². The molecule has 0 aliphatic heterocycles. The van der Waals surface area contributed by atoms with E-state index < -0.39 is 0 Å². The molecule has 0 N–H and O–H groups in total. The second-order valence-corrected chi connectivity index (χ2v) is 3.76. The average molecular weight is 258 g/mol. The van der Waals surface area contributed by atoms with Gasteiger partial charge in [-0.2, -0.15) is 0 Å². The van der Waals surface area contributed by atoms with E-state index in [1.807, 2.05) is 36.4 Å². The zero-order valence-electron chi connectivity index (χ0n) is 11.0. The van der Waals surface area contributed by atoms with Gasteiger partial charge in [0, 0.05) is 12.1 Å². The van der Waals surface area contributed by atoms with Crippen molar-refractivity contribution >= 4 is 7.69 Å². The molecule has 2 aromatic rings. The van der Waals surface area contributed by atoms with Gasteiger partial charge in [0.25, 0.3) is 0 Å². The van der Waals surface area contributed by atoms with Gasteiger partial charge in [-0.05, 0) is 24.3 Å². The smallest absolute Gasteiger partial charge is 0.528 e. The highest BCUT2D eigenvalue weighted by molar-refractivity contribution is 6.20. The quantitative estimate of drug-likeness (QED) is 0.745. The second-order valence-electron chi connectivity index (χ2n) is 3.76. The maximum absolute atomic E-state index is 5.48. The van der Waals surface area contributed by atoms with Crippen molar-refractivity contribution in [3.8, 4) is 23.0 Å². The number of hydrogen-bond acceptors (Lipinski definition) is 4. The van der Waals surface area contributed by atoms with Gasteiger partial charge in [0.2, 0.25) is 0 Å². The first kappa shape index (κ1) is 13.1. The Morgan fingerprint density at radius 3 is 1.53 bits per heavy atom. The number of hydrogen-bond donors (Lipinski definition) is 0.